The summed E-state index contributed by atoms with van der Waals surface area (Å²) in [5, 5.41) is 7.19. The molecule has 0 aliphatic carbocycles. The van der Waals surface area contributed by atoms with Crippen LogP contribution in [-0.2, 0) is 16.4 Å². The standard InChI is InChI=1S/C19H24N4O4S/c1-2-5-14-12-16(21-27-14)19(24)23-10-8-13(9-11-23)18-20-15-6-3-4-7-17(15)28(25,26)22-18/h3-4,6-7,12-13,18,20,22H,2,5,8-11H2,1H3/t18-/m1/s1. The molecule has 0 spiro atoms. The van der Waals surface area contributed by atoms with Crippen molar-refractivity contribution in [3.05, 3.63) is 41.8 Å². The Morgan fingerprint density at radius 3 is 2.79 bits per heavy atom. The average molecular weight is 404 g/mol. The molecule has 0 unspecified atom stereocenters. The van der Waals surface area contributed by atoms with Crippen LogP contribution in [0.1, 0.15) is 42.4 Å². The number of likely N-dealkylation sites (tertiary alicyclic amines) is 1. The van der Waals surface area contributed by atoms with E-state index in [1.165, 1.54) is 0 Å². The first-order valence-electron chi connectivity index (χ1n) is 9.60. The van der Waals surface area contributed by atoms with E-state index in [0.29, 0.717) is 37.3 Å². The van der Waals surface area contributed by atoms with Gasteiger partial charge < -0.3 is 14.7 Å². The van der Waals surface area contributed by atoms with Gasteiger partial charge in [-0.3, -0.25) is 4.79 Å². The van der Waals surface area contributed by atoms with Gasteiger partial charge in [0.25, 0.3) is 5.91 Å². The van der Waals surface area contributed by atoms with E-state index >= 15 is 0 Å². The smallest absolute Gasteiger partial charge is 0.276 e. The molecule has 8 nitrogen and oxygen atoms in total. The van der Waals surface area contributed by atoms with Gasteiger partial charge in [0.2, 0.25) is 10.0 Å². The summed E-state index contributed by atoms with van der Waals surface area (Å²) < 4.78 is 33.0. The third-order valence-corrected chi connectivity index (χ3v) is 6.84. The molecule has 28 heavy (non-hydrogen) atoms. The molecule has 2 N–H and O–H groups in total. The molecule has 1 aromatic heterocycles. The number of piperidine rings is 1. The minimum atomic E-state index is -3.53. The van der Waals surface area contributed by atoms with Crippen LogP contribution in [0.4, 0.5) is 5.69 Å². The minimum Gasteiger partial charge on any atom is -0.368 e. The molecule has 4 rings (SSSR count). The molecule has 0 radical (unpaired) electrons. The van der Waals surface area contributed by atoms with Crippen LogP contribution in [-0.4, -0.2) is 43.6 Å². The van der Waals surface area contributed by atoms with Crippen molar-refractivity contribution >= 4 is 21.6 Å². The average Bonchev–Trinajstić information content (AvgIpc) is 3.16. The van der Waals surface area contributed by atoms with Crippen LogP contribution in [0.15, 0.2) is 39.8 Å². The summed E-state index contributed by atoms with van der Waals surface area (Å²) in [6.45, 7) is 3.16. The minimum absolute atomic E-state index is 0.0974. The van der Waals surface area contributed by atoms with E-state index in [0.717, 1.165) is 18.6 Å². The lowest BCUT2D eigenvalue weighted by molar-refractivity contribution is 0.0669. The number of hydrogen-bond donors (Lipinski definition) is 2. The van der Waals surface area contributed by atoms with Gasteiger partial charge in [-0.05, 0) is 37.3 Å². The predicted molar refractivity (Wildman–Crippen MR) is 103 cm³/mol. The van der Waals surface area contributed by atoms with E-state index in [1.807, 2.05) is 13.0 Å². The van der Waals surface area contributed by atoms with Crippen molar-refractivity contribution in [3.63, 3.8) is 0 Å². The van der Waals surface area contributed by atoms with Gasteiger partial charge in [0, 0.05) is 25.6 Å². The molecule has 9 heteroatoms. The Kier molecular flexibility index (Phi) is 5.11. The Bertz CT molecular complexity index is 964. The second-order valence-corrected chi connectivity index (χ2v) is 8.98. The zero-order valence-corrected chi connectivity index (χ0v) is 16.5. The van der Waals surface area contributed by atoms with E-state index < -0.39 is 10.0 Å². The van der Waals surface area contributed by atoms with Crippen LogP contribution in [0, 0.1) is 5.92 Å². The number of para-hydroxylation sites is 1. The summed E-state index contributed by atoms with van der Waals surface area (Å²) in [5.74, 6) is 0.687. The van der Waals surface area contributed by atoms with E-state index in [1.54, 1.807) is 29.2 Å². The zero-order chi connectivity index (χ0) is 19.7. The van der Waals surface area contributed by atoms with E-state index in [4.69, 9.17) is 4.52 Å². The molecule has 0 saturated carbocycles. The Labute approximate surface area is 164 Å². The summed E-state index contributed by atoms with van der Waals surface area (Å²) in [4.78, 5) is 14.7. The molecule has 1 aromatic carbocycles. The van der Waals surface area contributed by atoms with Crippen LogP contribution < -0.4 is 10.0 Å². The van der Waals surface area contributed by atoms with Crippen LogP contribution in [0.5, 0.6) is 0 Å². The summed E-state index contributed by atoms with van der Waals surface area (Å²) in [7, 11) is -3.53. The Morgan fingerprint density at radius 2 is 2.04 bits per heavy atom. The number of aryl methyl sites for hydroxylation is 1. The van der Waals surface area contributed by atoms with Crippen LogP contribution in [0.3, 0.4) is 0 Å². The van der Waals surface area contributed by atoms with Crippen molar-refractivity contribution < 1.29 is 17.7 Å². The number of nitrogens with one attached hydrogen (secondary N) is 2. The highest BCUT2D eigenvalue weighted by molar-refractivity contribution is 7.89. The van der Waals surface area contributed by atoms with Crippen molar-refractivity contribution in [2.24, 2.45) is 5.92 Å². The van der Waals surface area contributed by atoms with Gasteiger partial charge in [-0.15, -0.1) is 0 Å². The third kappa shape index (κ3) is 3.64. The highest BCUT2D eigenvalue weighted by Gasteiger charge is 2.36. The molecule has 2 aliphatic heterocycles. The van der Waals surface area contributed by atoms with Crippen molar-refractivity contribution in [1.29, 1.82) is 0 Å². The SMILES string of the molecule is CCCc1cc(C(=O)N2CCC([C@@H]3Nc4ccccc4S(=O)(=O)N3)CC2)no1. The number of carbonyl (C=O) groups is 1. The molecule has 0 bridgehead atoms. The summed E-state index contributed by atoms with van der Waals surface area (Å²) in [6, 6.07) is 8.60. The van der Waals surface area contributed by atoms with Crippen molar-refractivity contribution in [2.45, 2.75) is 43.7 Å². The second-order valence-electron chi connectivity index (χ2n) is 7.30. The first kappa shape index (κ1) is 18.9. The number of amides is 1. The molecule has 1 saturated heterocycles. The lowest BCUT2D eigenvalue weighted by Crippen LogP contribution is -2.52. The number of carbonyl (C=O) groups excluding carboxylic acids is 1. The van der Waals surface area contributed by atoms with E-state index in [2.05, 4.69) is 15.2 Å². The summed E-state index contributed by atoms with van der Waals surface area (Å²) in [6.07, 6.45) is 2.72. The van der Waals surface area contributed by atoms with Crippen LogP contribution in [0.25, 0.3) is 0 Å². The molecule has 3 heterocycles. The molecular weight excluding hydrogens is 380 g/mol. The molecule has 2 aliphatic rings. The number of fused-ring (bicyclic) bond motifs is 1. The maximum absolute atomic E-state index is 12.6. The monoisotopic (exact) mass is 404 g/mol. The van der Waals surface area contributed by atoms with Gasteiger partial charge in [0.05, 0.1) is 11.9 Å². The molecule has 1 amide bonds. The number of rotatable bonds is 4. The quantitative estimate of drug-likeness (QED) is 0.810. The highest BCUT2D eigenvalue weighted by atomic mass is 32.2. The first-order chi connectivity index (χ1) is 13.5. The van der Waals surface area contributed by atoms with Crippen LogP contribution >= 0.6 is 0 Å². The molecule has 1 atom stereocenters. The number of sulfonamides is 1. The molecule has 2 aromatic rings. The van der Waals surface area contributed by atoms with E-state index in [9.17, 15) is 13.2 Å². The van der Waals surface area contributed by atoms with Crippen molar-refractivity contribution in [3.8, 4) is 0 Å². The van der Waals surface area contributed by atoms with Gasteiger partial charge in [0.1, 0.15) is 10.7 Å². The molecule has 150 valence electrons. The zero-order valence-electron chi connectivity index (χ0n) is 15.7. The van der Waals surface area contributed by atoms with E-state index in [-0.39, 0.29) is 22.9 Å². The second kappa shape index (κ2) is 7.56. The van der Waals surface area contributed by atoms with Gasteiger partial charge >= 0.3 is 0 Å². The Morgan fingerprint density at radius 1 is 1.29 bits per heavy atom. The Hall–Kier alpha value is -2.39. The predicted octanol–water partition coefficient (Wildman–Crippen LogP) is 2.21. The summed E-state index contributed by atoms with van der Waals surface area (Å²) in [5.41, 5.74) is 0.961. The molecular formula is C19H24N4O4S. The number of aromatic nitrogens is 1. The number of anilines is 1. The third-order valence-electron chi connectivity index (χ3n) is 5.34. The fourth-order valence-corrected chi connectivity index (χ4v) is 5.22. The fourth-order valence-electron chi connectivity index (χ4n) is 3.84. The van der Waals surface area contributed by atoms with Gasteiger partial charge in [-0.1, -0.05) is 24.2 Å². The largest absolute Gasteiger partial charge is 0.368 e. The van der Waals surface area contributed by atoms with Crippen molar-refractivity contribution in [1.82, 2.24) is 14.8 Å². The maximum atomic E-state index is 12.6. The maximum Gasteiger partial charge on any atom is 0.276 e. The lowest BCUT2D eigenvalue weighted by atomic mass is 9.93. The Balaban J connectivity index is 1.40. The van der Waals surface area contributed by atoms with Gasteiger partial charge in [0.15, 0.2) is 5.69 Å². The summed E-state index contributed by atoms with van der Waals surface area (Å²) >= 11 is 0. The normalized spacial score (nSPS) is 21.8. The van der Waals surface area contributed by atoms with Gasteiger partial charge in [-0.2, -0.15) is 4.72 Å². The lowest BCUT2D eigenvalue weighted by Gasteiger charge is -2.38. The highest BCUT2D eigenvalue weighted by Crippen LogP contribution is 2.31. The topological polar surface area (TPSA) is 105 Å². The van der Waals surface area contributed by atoms with Crippen molar-refractivity contribution in [2.75, 3.05) is 18.4 Å². The number of nitrogens with zero attached hydrogens (tertiary/aromatic N) is 2. The first-order valence-corrected chi connectivity index (χ1v) is 11.1. The number of benzene rings is 1. The van der Waals surface area contributed by atoms with Gasteiger partial charge in [-0.25, -0.2) is 8.42 Å². The van der Waals surface area contributed by atoms with Crippen LogP contribution in [0.2, 0.25) is 0 Å². The fraction of sp³-hybridized carbons (Fsp3) is 0.474. The number of hydrogen-bond acceptors (Lipinski definition) is 6. The molecule has 1 fully saturated rings.